The van der Waals surface area contributed by atoms with Crippen molar-refractivity contribution in [2.75, 3.05) is 26.2 Å². The zero-order valence-corrected chi connectivity index (χ0v) is 14.2. The third-order valence-corrected chi connectivity index (χ3v) is 4.57. The lowest BCUT2D eigenvalue weighted by Crippen LogP contribution is -2.40. The first-order valence-corrected chi connectivity index (χ1v) is 8.30. The number of carboxylic acid groups (broad SMARTS) is 1. The molecule has 4 nitrogen and oxygen atoms in total. The topological polar surface area (TPSA) is 52.6 Å². The van der Waals surface area contributed by atoms with Crippen LogP contribution in [-0.4, -0.2) is 42.2 Å². The van der Waals surface area contributed by atoms with Gasteiger partial charge in [0.1, 0.15) is 0 Å². The molecule has 0 spiro atoms. The van der Waals surface area contributed by atoms with E-state index >= 15 is 0 Å². The van der Waals surface area contributed by atoms with E-state index in [-0.39, 0.29) is 6.54 Å². The number of hydrogen-bond acceptors (Lipinski definition) is 3. The van der Waals surface area contributed by atoms with Crippen molar-refractivity contribution in [3.63, 3.8) is 0 Å². The van der Waals surface area contributed by atoms with Gasteiger partial charge in [-0.05, 0) is 49.5 Å². The summed E-state index contributed by atoms with van der Waals surface area (Å²) in [5.74, 6) is -0.295. The molecule has 1 aliphatic rings. The molecule has 0 saturated carbocycles. The molecular weight excluding hydrogens is 356 g/mol. The number of carboxylic acids is 1. The summed E-state index contributed by atoms with van der Waals surface area (Å²) in [6.07, 6.45) is 2.30. The van der Waals surface area contributed by atoms with Gasteiger partial charge in [-0.15, -0.1) is 0 Å². The summed E-state index contributed by atoms with van der Waals surface area (Å²) in [4.78, 5) is 12.9. The van der Waals surface area contributed by atoms with Gasteiger partial charge in [0.2, 0.25) is 0 Å². The minimum Gasteiger partial charge on any atom is -0.480 e. The smallest absolute Gasteiger partial charge is 0.317 e. The molecule has 21 heavy (non-hydrogen) atoms. The largest absolute Gasteiger partial charge is 0.480 e. The number of aliphatic carboxylic acids is 1. The number of carbonyl (C=O) groups is 1. The van der Waals surface area contributed by atoms with Gasteiger partial charge >= 0.3 is 5.97 Å². The maximum Gasteiger partial charge on any atom is 0.317 e. The highest BCUT2D eigenvalue weighted by Gasteiger charge is 2.20. The Morgan fingerprint density at radius 1 is 1.52 bits per heavy atom. The molecule has 0 aliphatic carbocycles. The molecule has 1 aromatic rings. The number of benzene rings is 1. The molecule has 2 N–H and O–H groups in total. The van der Waals surface area contributed by atoms with Gasteiger partial charge in [0.15, 0.2) is 0 Å². The van der Waals surface area contributed by atoms with Crippen LogP contribution in [0.2, 0.25) is 5.02 Å². The zero-order chi connectivity index (χ0) is 15.2. The van der Waals surface area contributed by atoms with Crippen molar-refractivity contribution in [2.24, 2.45) is 5.92 Å². The predicted octanol–water partition coefficient (Wildman–Crippen LogP) is 2.99. The van der Waals surface area contributed by atoms with Gasteiger partial charge in [0.25, 0.3) is 0 Å². The molecule has 0 radical (unpaired) electrons. The molecule has 0 bridgehead atoms. The van der Waals surface area contributed by atoms with Gasteiger partial charge in [-0.2, -0.15) is 0 Å². The number of rotatable bonds is 6. The first-order chi connectivity index (χ1) is 10.0. The van der Waals surface area contributed by atoms with Crippen molar-refractivity contribution in [3.8, 4) is 0 Å². The molecule has 0 aromatic heterocycles. The number of piperidine rings is 1. The van der Waals surface area contributed by atoms with Crippen molar-refractivity contribution in [2.45, 2.75) is 19.4 Å². The standard InChI is InChI=1S/C15H20BrClN2O2/c16-13-4-3-12(14(17)6-13)10-19-5-1-2-11(9-19)7-18-8-15(20)21/h3-4,6,11,18H,1-2,5,7-10H2,(H,20,21). The Morgan fingerprint density at radius 3 is 3.05 bits per heavy atom. The van der Waals surface area contributed by atoms with Crippen LogP contribution >= 0.6 is 27.5 Å². The molecule has 1 saturated heterocycles. The lowest BCUT2D eigenvalue weighted by molar-refractivity contribution is -0.136. The summed E-state index contributed by atoms with van der Waals surface area (Å²) in [7, 11) is 0. The van der Waals surface area contributed by atoms with Gasteiger partial charge in [-0.3, -0.25) is 9.69 Å². The minimum atomic E-state index is -0.802. The van der Waals surface area contributed by atoms with E-state index < -0.39 is 5.97 Å². The van der Waals surface area contributed by atoms with E-state index in [1.807, 2.05) is 12.1 Å². The maximum absolute atomic E-state index is 10.5. The normalized spacial score (nSPS) is 19.6. The van der Waals surface area contributed by atoms with E-state index in [0.717, 1.165) is 54.1 Å². The van der Waals surface area contributed by atoms with Crippen LogP contribution < -0.4 is 5.32 Å². The molecule has 1 aliphatic heterocycles. The number of nitrogens with zero attached hydrogens (tertiary/aromatic N) is 1. The van der Waals surface area contributed by atoms with Crippen molar-refractivity contribution in [1.29, 1.82) is 0 Å². The Morgan fingerprint density at radius 2 is 2.33 bits per heavy atom. The zero-order valence-electron chi connectivity index (χ0n) is 11.8. The highest BCUT2D eigenvalue weighted by Crippen LogP contribution is 2.24. The molecule has 1 heterocycles. The van der Waals surface area contributed by atoms with Crippen LogP contribution in [0.3, 0.4) is 0 Å². The predicted molar refractivity (Wildman–Crippen MR) is 87.7 cm³/mol. The van der Waals surface area contributed by atoms with Crippen molar-refractivity contribution >= 4 is 33.5 Å². The summed E-state index contributed by atoms with van der Waals surface area (Å²) >= 11 is 9.69. The number of halogens is 2. The number of likely N-dealkylation sites (tertiary alicyclic amines) is 1. The van der Waals surface area contributed by atoms with Crippen LogP contribution in [0.25, 0.3) is 0 Å². The van der Waals surface area contributed by atoms with Crippen LogP contribution in [0.4, 0.5) is 0 Å². The van der Waals surface area contributed by atoms with E-state index in [1.54, 1.807) is 0 Å². The Kier molecular flexibility index (Phi) is 6.48. The average Bonchev–Trinajstić information content (AvgIpc) is 2.42. The fourth-order valence-electron chi connectivity index (χ4n) is 2.74. The van der Waals surface area contributed by atoms with Crippen LogP contribution in [-0.2, 0) is 11.3 Å². The minimum absolute atomic E-state index is 0.0367. The Labute approximate surface area is 138 Å². The van der Waals surface area contributed by atoms with Crippen LogP contribution in [0, 0.1) is 5.92 Å². The second kappa shape index (κ2) is 8.13. The Balaban J connectivity index is 1.84. The molecule has 1 atom stereocenters. The summed E-state index contributed by atoms with van der Waals surface area (Å²) in [6.45, 7) is 3.70. The first-order valence-electron chi connectivity index (χ1n) is 7.13. The van der Waals surface area contributed by atoms with E-state index in [4.69, 9.17) is 16.7 Å². The third-order valence-electron chi connectivity index (χ3n) is 3.72. The van der Waals surface area contributed by atoms with Gasteiger partial charge in [-0.1, -0.05) is 33.6 Å². The summed E-state index contributed by atoms with van der Waals surface area (Å²) < 4.78 is 0.991. The number of nitrogens with one attached hydrogen (secondary N) is 1. The van der Waals surface area contributed by atoms with Gasteiger partial charge in [0.05, 0.1) is 6.54 Å². The quantitative estimate of drug-likeness (QED) is 0.802. The average molecular weight is 376 g/mol. The summed E-state index contributed by atoms with van der Waals surface area (Å²) in [5, 5.41) is 12.4. The molecular formula is C15H20BrClN2O2. The molecule has 116 valence electrons. The highest BCUT2D eigenvalue weighted by molar-refractivity contribution is 9.10. The van der Waals surface area contributed by atoms with Crippen molar-refractivity contribution < 1.29 is 9.90 Å². The third kappa shape index (κ3) is 5.58. The van der Waals surface area contributed by atoms with Crippen molar-refractivity contribution in [3.05, 3.63) is 33.3 Å². The van der Waals surface area contributed by atoms with Gasteiger partial charge < -0.3 is 10.4 Å². The van der Waals surface area contributed by atoms with E-state index in [2.05, 4.69) is 32.2 Å². The Bertz CT molecular complexity index is 499. The fourth-order valence-corrected chi connectivity index (χ4v) is 3.47. The fraction of sp³-hybridized carbons (Fsp3) is 0.533. The summed E-state index contributed by atoms with van der Waals surface area (Å²) in [5.41, 5.74) is 1.14. The van der Waals surface area contributed by atoms with Crippen LogP contribution in [0.15, 0.2) is 22.7 Å². The van der Waals surface area contributed by atoms with Crippen LogP contribution in [0.5, 0.6) is 0 Å². The monoisotopic (exact) mass is 374 g/mol. The second-order valence-corrected chi connectivity index (χ2v) is 6.83. The van der Waals surface area contributed by atoms with Crippen molar-refractivity contribution in [1.82, 2.24) is 10.2 Å². The molecule has 1 unspecified atom stereocenters. The molecule has 6 heteroatoms. The van der Waals surface area contributed by atoms with E-state index in [0.29, 0.717) is 5.92 Å². The highest BCUT2D eigenvalue weighted by atomic mass is 79.9. The van der Waals surface area contributed by atoms with E-state index in [9.17, 15) is 4.79 Å². The van der Waals surface area contributed by atoms with Gasteiger partial charge in [0, 0.05) is 22.6 Å². The molecule has 1 aromatic carbocycles. The lowest BCUT2D eigenvalue weighted by atomic mass is 9.97. The molecule has 2 rings (SSSR count). The second-order valence-electron chi connectivity index (χ2n) is 5.50. The van der Waals surface area contributed by atoms with Crippen LogP contribution in [0.1, 0.15) is 18.4 Å². The lowest BCUT2D eigenvalue weighted by Gasteiger charge is -2.33. The summed E-state index contributed by atoms with van der Waals surface area (Å²) in [6, 6.07) is 5.99. The molecule has 1 fully saturated rings. The Hall–Kier alpha value is -0.620. The first kappa shape index (κ1) is 16.7. The SMILES string of the molecule is O=C(O)CNCC1CCCN(Cc2ccc(Br)cc2Cl)C1. The van der Waals surface area contributed by atoms with Gasteiger partial charge in [-0.25, -0.2) is 0 Å². The number of hydrogen-bond donors (Lipinski definition) is 2. The molecule has 0 amide bonds. The van der Waals surface area contributed by atoms with E-state index in [1.165, 1.54) is 0 Å². The maximum atomic E-state index is 10.5.